The second-order valence-corrected chi connectivity index (χ2v) is 3.88. The molecule has 0 aliphatic heterocycles. The molecule has 0 N–H and O–H groups in total. The Hall–Kier alpha value is -0.910. The zero-order valence-corrected chi connectivity index (χ0v) is 10.0. The smallest absolute Gasteiger partial charge is 0.159 e. The van der Waals surface area contributed by atoms with Crippen molar-refractivity contribution in [1.82, 2.24) is 0 Å². The van der Waals surface area contributed by atoms with E-state index >= 15 is 0 Å². The molecule has 0 saturated carbocycles. The highest BCUT2D eigenvalue weighted by molar-refractivity contribution is 7.80. The fourth-order valence-corrected chi connectivity index (χ4v) is 1.39. The number of rotatable bonds is 2. The maximum Gasteiger partial charge on any atom is 0.159 e. The summed E-state index contributed by atoms with van der Waals surface area (Å²) in [5.74, 6) is 6.62. The Morgan fingerprint density at radius 2 is 2.27 bits per heavy atom. The van der Waals surface area contributed by atoms with E-state index in [4.69, 9.17) is 11.6 Å². The van der Waals surface area contributed by atoms with Crippen molar-refractivity contribution in [3.05, 3.63) is 34.3 Å². The summed E-state index contributed by atoms with van der Waals surface area (Å²) in [7, 11) is 0. The lowest BCUT2D eigenvalue weighted by atomic mass is 10.1. The molecule has 0 radical (unpaired) electrons. The van der Waals surface area contributed by atoms with E-state index in [0.717, 1.165) is 17.7 Å². The van der Waals surface area contributed by atoms with Crippen LogP contribution < -0.4 is 0 Å². The first-order chi connectivity index (χ1) is 7.15. The predicted octanol–water partition coefficient (Wildman–Crippen LogP) is 3.21. The summed E-state index contributed by atoms with van der Waals surface area (Å²) in [5.41, 5.74) is 1.36. The van der Waals surface area contributed by atoms with Gasteiger partial charge in [0, 0.05) is 23.3 Å². The van der Waals surface area contributed by atoms with Crippen LogP contribution in [0.3, 0.4) is 0 Å². The molecule has 0 spiro atoms. The molecule has 0 aliphatic rings. The predicted molar refractivity (Wildman–Crippen MR) is 66.8 cm³/mol. The van der Waals surface area contributed by atoms with Gasteiger partial charge in [-0.15, -0.1) is 0 Å². The van der Waals surface area contributed by atoms with E-state index in [1.54, 1.807) is 18.2 Å². The van der Waals surface area contributed by atoms with Crippen LogP contribution in [0, 0.1) is 11.8 Å². The SMILES string of the molecule is CC(=O)c1ccc(C#CCCS)c(Cl)c1. The molecular weight excluding hydrogens is 228 g/mol. The van der Waals surface area contributed by atoms with E-state index < -0.39 is 0 Å². The Balaban J connectivity index is 2.95. The summed E-state index contributed by atoms with van der Waals surface area (Å²) in [5, 5.41) is 0.523. The first kappa shape index (κ1) is 12.2. The molecule has 0 atom stereocenters. The molecule has 0 fully saturated rings. The Labute approximate surface area is 100 Å². The molecule has 0 aliphatic carbocycles. The highest BCUT2D eigenvalue weighted by Gasteiger charge is 2.02. The molecule has 1 nitrogen and oxygen atoms in total. The number of carbonyl (C=O) groups excluding carboxylic acids is 1. The summed E-state index contributed by atoms with van der Waals surface area (Å²) in [6, 6.07) is 5.15. The van der Waals surface area contributed by atoms with E-state index in [9.17, 15) is 4.79 Å². The Bertz CT molecular complexity index is 429. The van der Waals surface area contributed by atoms with E-state index in [1.807, 2.05) is 0 Å². The summed E-state index contributed by atoms with van der Waals surface area (Å²) in [6.07, 6.45) is 0.730. The molecular formula is C12H11ClOS. The number of halogens is 1. The van der Waals surface area contributed by atoms with E-state index in [0.29, 0.717) is 10.6 Å². The Morgan fingerprint density at radius 3 is 2.80 bits per heavy atom. The van der Waals surface area contributed by atoms with Crippen molar-refractivity contribution < 1.29 is 4.79 Å². The van der Waals surface area contributed by atoms with Crippen LogP contribution in [-0.4, -0.2) is 11.5 Å². The van der Waals surface area contributed by atoms with Crippen molar-refractivity contribution in [2.75, 3.05) is 5.75 Å². The summed E-state index contributed by atoms with van der Waals surface area (Å²) < 4.78 is 0. The van der Waals surface area contributed by atoms with Gasteiger partial charge in [-0.3, -0.25) is 4.79 Å². The zero-order valence-electron chi connectivity index (χ0n) is 8.38. The molecule has 0 heterocycles. The molecule has 15 heavy (non-hydrogen) atoms. The summed E-state index contributed by atoms with van der Waals surface area (Å²) in [6.45, 7) is 1.51. The Kier molecular flexibility index (Phi) is 4.74. The largest absolute Gasteiger partial charge is 0.295 e. The third kappa shape index (κ3) is 3.62. The molecule has 0 bridgehead atoms. The molecule has 0 amide bonds. The van der Waals surface area contributed by atoms with Crippen molar-refractivity contribution in [3.8, 4) is 11.8 Å². The van der Waals surface area contributed by atoms with Gasteiger partial charge in [-0.1, -0.05) is 29.5 Å². The van der Waals surface area contributed by atoms with Crippen LogP contribution >= 0.6 is 24.2 Å². The maximum absolute atomic E-state index is 11.1. The number of hydrogen-bond donors (Lipinski definition) is 1. The minimum Gasteiger partial charge on any atom is -0.295 e. The minimum atomic E-state index is 0.00627. The number of Topliss-reactive ketones (excluding diaryl/α,β-unsaturated/α-hetero) is 1. The molecule has 0 saturated heterocycles. The van der Waals surface area contributed by atoms with Gasteiger partial charge < -0.3 is 0 Å². The number of carbonyl (C=O) groups is 1. The second kappa shape index (κ2) is 5.85. The van der Waals surface area contributed by atoms with Gasteiger partial charge in [0.2, 0.25) is 0 Å². The molecule has 3 heteroatoms. The van der Waals surface area contributed by atoms with Gasteiger partial charge in [0.15, 0.2) is 5.78 Å². The molecule has 0 unspecified atom stereocenters. The quantitative estimate of drug-likeness (QED) is 0.476. The van der Waals surface area contributed by atoms with Gasteiger partial charge >= 0.3 is 0 Å². The molecule has 1 aromatic rings. The van der Waals surface area contributed by atoms with Crippen molar-refractivity contribution in [3.63, 3.8) is 0 Å². The number of benzene rings is 1. The van der Waals surface area contributed by atoms with Crippen LogP contribution in [0.15, 0.2) is 18.2 Å². The highest BCUT2D eigenvalue weighted by atomic mass is 35.5. The van der Waals surface area contributed by atoms with Gasteiger partial charge in [-0.2, -0.15) is 12.6 Å². The van der Waals surface area contributed by atoms with Gasteiger partial charge in [0.05, 0.1) is 5.02 Å². The van der Waals surface area contributed by atoms with Crippen LogP contribution in [0.25, 0.3) is 0 Å². The number of hydrogen-bond acceptors (Lipinski definition) is 2. The number of ketones is 1. The standard InChI is InChI=1S/C12H11ClOS/c1-9(14)11-6-5-10(12(13)8-11)4-2-3-7-15/h5-6,8,15H,3,7H2,1H3. The summed E-state index contributed by atoms with van der Waals surface area (Å²) >= 11 is 10.0. The Morgan fingerprint density at radius 1 is 1.53 bits per heavy atom. The lowest BCUT2D eigenvalue weighted by Crippen LogP contribution is -1.92. The lowest BCUT2D eigenvalue weighted by Gasteiger charge is -1.98. The third-order valence-electron chi connectivity index (χ3n) is 1.84. The lowest BCUT2D eigenvalue weighted by molar-refractivity contribution is 0.101. The topological polar surface area (TPSA) is 17.1 Å². The van der Waals surface area contributed by atoms with Gasteiger partial charge in [0.25, 0.3) is 0 Å². The summed E-state index contributed by atoms with van der Waals surface area (Å²) in [4.78, 5) is 11.1. The van der Waals surface area contributed by atoms with E-state index in [2.05, 4.69) is 24.5 Å². The van der Waals surface area contributed by atoms with Gasteiger partial charge in [0.1, 0.15) is 0 Å². The van der Waals surface area contributed by atoms with Crippen LogP contribution in [0.5, 0.6) is 0 Å². The normalized spacial score (nSPS) is 9.27. The van der Waals surface area contributed by atoms with Crippen molar-refractivity contribution in [1.29, 1.82) is 0 Å². The van der Waals surface area contributed by atoms with Crippen LogP contribution in [0.4, 0.5) is 0 Å². The van der Waals surface area contributed by atoms with Crippen LogP contribution in [-0.2, 0) is 0 Å². The average Bonchev–Trinajstić information content (AvgIpc) is 2.20. The zero-order chi connectivity index (χ0) is 11.3. The molecule has 1 aromatic carbocycles. The van der Waals surface area contributed by atoms with E-state index in [-0.39, 0.29) is 5.78 Å². The molecule has 1 rings (SSSR count). The van der Waals surface area contributed by atoms with Crippen molar-refractivity contribution >= 4 is 30.0 Å². The first-order valence-electron chi connectivity index (χ1n) is 4.55. The molecule has 78 valence electrons. The monoisotopic (exact) mass is 238 g/mol. The van der Waals surface area contributed by atoms with Gasteiger partial charge in [-0.25, -0.2) is 0 Å². The molecule has 0 aromatic heterocycles. The maximum atomic E-state index is 11.1. The average molecular weight is 239 g/mol. The third-order valence-corrected chi connectivity index (χ3v) is 2.37. The highest BCUT2D eigenvalue weighted by Crippen LogP contribution is 2.17. The fourth-order valence-electron chi connectivity index (χ4n) is 1.05. The first-order valence-corrected chi connectivity index (χ1v) is 5.56. The minimum absolute atomic E-state index is 0.00627. The van der Waals surface area contributed by atoms with Gasteiger partial charge in [-0.05, 0) is 19.1 Å². The van der Waals surface area contributed by atoms with Crippen LogP contribution in [0.1, 0.15) is 29.3 Å². The second-order valence-electron chi connectivity index (χ2n) is 3.03. The van der Waals surface area contributed by atoms with Crippen molar-refractivity contribution in [2.24, 2.45) is 0 Å². The van der Waals surface area contributed by atoms with E-state index in [1.165, 1.54) is 6.92 Å². The van der Waals surface area contributed by atoms with Crippen molar-refractivity contribution in [2.45, 2.75) is 13.3 Å². The number of thiol groups is 1. The fraction of sp³-hybridized carbons (Fsp3) is 0.250. The van der Waals surface area contributed by atoms with Crippen LogP contribution in [0.2, 0.25) is 5.02 Å².